The van der Waals surface area contributed by atoms with Gasteiger partial charge >= 0.3 is 0 Å². The predicted octanol–water partition coefficient (Wildman–Crippen LogP) is 2.57. The van der Waals surface area contributed by atoms with Crippen LogP contribution in [0.4, 0.5) is 4.39 Å². The van der Waals surface area contributed by atoms with Gasteiger partial charge in [-0.05, 0) is 42.0 Å². The first-order valence-electron chi connectivity index (χ1n) is 6.53. The Hall–Kier alpha value is -0.970. The van der Waals surface area contributed by atoms with E-state index < -0.39 is 0 Å². The molecule has 0 amide bonds. The average Bonchev–Trinajstić information content (AvgIpc) is 2.31. The minimum atomic E-state index is -0.221. The maximum Gasteiger partial charge on any atom is 0.123 e. The van der Waals surface area contributed by atoms with Gasteiger partial charge in [-0.3, -0.25) is 11.3 Å². The smallest absolute Gasteiger partial charge is 0.123 e. The minimum absolute atomic E-state index is 0.0486. The summed E-state index contributed by atoms with van der Waals surface area (Å²) >= 11 is 0. The molecule has 1 aromatic carbocycles. The van der Waals surface area contributed by atoms with Crippen LogP contribution >= 0.6 is 0 Å². The first kappa shape index (κ1) is 16.1. The monoisotopic (exact) mass is 268 g/mol. The Morgan fingerprint density at radius 1 is 1.37 bits per heavy atom. The van der Waals surface area contributed by atoms with Crippen LogP contribution in [0.25, 0.3) is 0 Å². The molecule has 0 radical (unpaired) electrons. The number of ether oxygens (including phenoxy) is 1. The number of hydrogen-bond acceptors (Lipinski definition) is 3. The lowest BCUT2D eigenvalue weighted by molar-refractivity contribution is -0.0111. The second kappa shape index (κ2) is 6.46. The molecule has 108 valence electrons. The highest BCUT2D eigenvalue weighted by atomic mass is 19.1. The highest BCUT2D eigenvalue weighted by Gasteiger charge is 2.32. The zero-order valence-electron chi connectivity index (χ0n) is 12.5. The van der Waals surface area contributed by atoms with Crippen molar-refractivity contribution in [3.63, 3.8) is 0 Å². The standard InChI is InChI=1S/C15H25FN2O/c1-10-6-7-12(16)8-11(10)9-13(18-17)14(19-5)15(2,3)4/h6-8,13-14,18H,9,17H2,1-5H3. The summed E-state index contributed by atoms with van der Waals surface area (Å²) in [5.74, 6) is 5.44. The molecule has 4 heteroatoms. The van der Waals surface area contributed by atoms with Crippen LogP contribution in [0.1, 0.15) is 31.9 Å². The van der Waals surface area contributed by atoms with Crippen molar-refractivity contribution in [3.8, 4) is 0 Å². The molecule has 0 bridgehead atoms. The molecule has 1 rings (SSSR count). The van der Waals surface area contributed by atoms with Crippen molar-refractivity contribution in [1.29, 1.82) is 0 Å². The number of aryl methyl sites for hydroxylation is 1. The molecule has 0 spiro atoms. The number of hydrogen-bond donors (Lipinski definition) is 2. The molecular formula is C15H25FN2O. The van der Waals surface area contributed by atoms with Crippen LogP contribution in [0.15, 0.2) is 18.2 Å². The molecule has 0 saturated carbocycles. The summed E-state index contributed by atoms with van der Waals surface area (Å²) in [5.41, 5.74) is 4.77. The summed E-state index contributed by atoms with van der Waals surface area (Å²) in [4.78, 5) is 0. The summed E-state index contributed by atoms with van der Waals surface area (Å²) in [6.45, 7) is 8.28. The molecule has 0 aromatic heterocycles. The van der Waals surface area contributed by atoms with Crippen molar-refractivity contribution in [2.45, 2.75) is 46.3 Å². The second-order valence-corrected chi connectivity index (χ2v) is 6.07. The number of methoxy groups -OCH3 is 1. The number of halogens is 1. The van der Waals surface area contributed by atoms with E-state index in [9.17, 15) is 4.39 Å². The minimum Gasteiger partial charge on any atom is -0.379 e. The third-order valence-corrected chi connectivity index (χ3v) is 3.44. The third-order valence-electron chi connectivity index (χ3n) is 3.44. The van der Waals surface area contributed by atoms with Crippen molar-refractivity contribution in [3.05, 3.63) is 35.1 Å². The fourth-order valence-corrected chi connectivity index (χ4v) is 2.47. The molecule has 0 aliphatic rings. The molecule has 0 saturated heterocycles. The molecule has 2 atom stereocenters. The fraction of sp³-hybridized carbons (Fsp3) is 0.600. The normalized spacial score (nSPS) is 15.3. The van der Waals surface area contributed by atoms with Gasteiger partial charge in [0.2, 0.25) is 0 Å². The maximum atomic E-state index is 13.3. The number of nitrogens with one attached hydrogen (secondary N) is 1. The van der Waals surface area contributed by atoms with Gasteiger partial charge in [0, 0.05) is 7.11 Å². The Morgan fingerprint density at radius 3 is 2.47 bits per heavy atom. The summed E-state index contributed by atoms with van der Waals surface area (Å²) in [6, 6.07) is 4.76. The Kier molecular flexibility index (Phi) is 5.47. The third kappa shape index (κ3) is 4.27. The molecule has 2 unspecified atom stereocenters. The molecule has 3 nitrogen and oxygen atoms in total. The first-order valence-corrected chi connectivity index (χ1v) is 6.53. The fourth-order valence-electron chi connectivity index (χ4n) is 2.47. The zero-order valence-corrected chi connectivity index (χ0v) is 12.5. The molecule has 0 aliphatic heterocycles. The van der Waals surface area contributed by atoms with Gasteiger partial charge in [-0.25, -0.2) is 4.39 Å². The Morgan fingerprint density at radius 2 is 2.00 bits per heavy atom. The molecule has 0 heterocycles. The summed E-state index contributed by atoms with van der Waals surface area (Å²) < 4.78 is 18.9. The predicted molar refractivity (Wildman–Crippen MR) is 76.2 cm³/mol. The van der Waals surface area contributed by atoms with Crippen LogP contribution in [0, 0.1) is 18.2 Å². The SMILES string of the molecule is COC(C(Cc1cc(F)ccc1C)NN)C(C)(C)C. The molecular weight excluding hydrogens is 243 g/mol. The molecule has 3 N–H and O–H groups in total. The van der Waals surface area contributed by atoms with Gasteiger partial charge in [-0.1, -0.05) is 26.8 Å². The molecule has 19 heavy (non-hydrogen) atoms. The Labute approximate surface area is 115 Å². The van der Waals surface area contributed by atoms with E-state index in [1.165, 1.54) is 6.07 Å². The van der Waals surface area contributed by atoms with E-state index in [0.717, 1.165) is 11.1 Å². The van der Waals surface area contributed by atoms with Gasteiger partial charge in [0.15, 0.2) is 0 Å². The van der Waals surface area contributed by atoms with Gasteiger partial charge in [0.1, 0.15) is 5.82 Å². The van der Waals surface area contributed by atoms with Crippen LogP contribution in [0.5, 0.6) is 0 Å². The van der Waals surface area contributed by atoms with E-state index in [4.69, 9.17) is 10.6 Å². The largest absolute Gasteiger partial charge is 0.379 e. The van der Waals surface area contributed by atoms with Gasteiger partial charge in [0.25, 0.3) is 0 Å². The van der Waals surface area contributed by atoms with E-state index in [1.807, 2.05) is 6.92 Å². The summed E-state index contributed by atoms with van der Waals surface area (Å²) in [5, 5.41) is 0. The maximum absolute atomic E-state index is 13.3. The molecule has 0 fully saturated rings. The highest BCUT2D eigenvalue weighted by Crippen LogP contribution is 2.26. The van der Waals surface area contributed by atoms with Gasteiger partial charge in [-0.2, -0.15) is 0 Å². The second-order valence-electron chi connectivity index (χ2n) is 6.07. The lowest BCUT2D eigenvalue weighted by Crippen LogP contribution is -2.51. The Balaban J connectivity index is 2.95. The topological polar surface area (TPSA) is 47.3 Å². The Bertz CT molecular complexity index is 415. The summed E-state index contributed by atoms with van der Waals surface area (Å²) in [7, 11) is 1.68. The number of benzene rings is 1. The number of rotatable bonds is 5. The van der Waals surface area contributed by atoms with Crippen molar-refractivity contribution >= 4 is 0 Å². The lowest BCUT2D eigenvalue weighted by Gasteiger charge is -2.36. The first-order chi connectivity index (χ1) is 8.79. The number of hydrazine groups is 1. The van der Waals surface area contributed by atoms with Crippen LogP contribution in [0.3, 0.4) is 0 Å². The van der Waals surface area contributed by atoms with E-state index in [0.29, 0.717) is 6.42 Å². The van der Waals surface area contributed by atoms with Crippen molar-refractivity contribution in [2.24, 2.45) is 11.3 Å². The van der Waals surface area contributed by atoms with E-state index in [1.54, 1.807) is 19.2 Å². The molecule has 1 aromatic rings. The van der Waals surface area contributed by atoms with Crippen molar-refractivity contribution < 1.29 is 9.13 Å². The van der Waals surface area contributed by atoms with Crippen molar-refractivity contribution in [1.82, 2.24) is 5.43 Å². The van der Waals surface area contributed by atoms with E-state index >= 15 is 0 Å². The lowest BCUT2D eigenvalue weighted by atomic mass is 9.82. The van der Waals surface area contributed by atoms with Crippen molar-refractivity contribution in [2.75, 3.05) is 7.11 Å². The van der Waals surface area contributed by atoms with Crippen LogP contribution in [0.2, 0.25) is 0 Å². The van der Waals surface area contributed by atoms with Crippen LogP contribution in [-0.2, 0) is 11.2 Å². The zero-order chi connectivity index (χ0) is 14.6. The van der Waals surface area contributed by atoms with Crippen LogP contribution < -0.4 is 11.3 Å². The van der Waals surface area contributed by atoms with Gasteiger partial charge in [0.05, 0.1) is 12.1 Å². The highest BCUT2D eigenvalue weighted by molar-refractivity contribution is 5.27. The van der Waals surface area contributed by atoms with E-state index in [2.05, 4.69) is 26.2 Å². The average molecular weight is 268 g/mol. The number of nitrogens with two attached hydrogens (primary N) is 1. The summed E-state index contributed by atoms with van der Waals surface area (Å²) in [6.07, 6.45) is 0.579. The van der Waals surface area contributed by atoms with Crippen LogP contribution in [-0.4, -0.2) is 19.3 Å². The molecule has 0 aliphatic carbocycles. The quantitative estimate of drug-likeness (QED) is 0.637. The van der Waals surface area contributed by atoms with E-state index in [-0.39, 0.29) is 23.4 Å². The van der Waals surface area contributed by atoms with Gasteiger partial charge < -0.3 is 4.74 Å². The van der Waals surface area contributed by atoms with Gasteiger partial charge in [-0.15, -0.1) is 0 Å².